The Morgan fingerprint density at radius 2 is 1.67 bits per heavy atom. The van der Waals surface area contributed by atoms with Crippen molar-refractivity contribution in [1.82, 2.24) is 4.90 Å². The number of ether oxygens (including phenoxy) is 1. The van der Waals surface area contributed by atoms with Crippen LogP contribution < -0.4 is 9.64 Å². The summed E-state index contributed by atoms with van der Waals surface area (Å²) in [4.78, 5) is 29.7. The van der Waals surface area contributed by atoms with Crippen molar-refractivity contribution in [3.8, 4) is 5.75 Å². The van der Waals surface area contributed by atoms with Crippen LogP contribution in [0.5, 0.6) is 5.75 Å². The van der Waals surface area contributed by atoms with Crippen LogP contribution in [0, 0.1) is 17.6 Å². The van der Waals surface area contributed by atoms with Crippen molar-refractivity contribution >= 4 is 23.1 Å². The van der Waals surface area contributed by atoms with Gasteiger partial charge in [-0.2, -0.15) is 0 Å². The van der Waals surface area contributed by atoms with E-state index in [0.29, 0.717) is 30.3 Å². The maximum atomic E-state index is 13.9. The highest BCUT2D eigenvalue weighted by molar-refractivity contribution is 6.45. The van der Waals surface area contributed by atoms with Crippen LogP contribution in [0.2, 0.25) is 0 Å². The number of methoxy groups -OCH3 is 1. The number of piperidine rings is 1. The zero-order valence-corrected chi connectivity index (χ0v) is 16.8. The minimum Gasteiger partial charge on any atom is -0.496 e. The number of anilines is 1. The van der Waals surface area contributed by atoms with Gasteiger partial charge in [0.15, 0.2) is 11.6 Å². The lowest BCUT2D eigenvalue weighted by Gasteiger charge is -2.32. The number of rotatable bonds is 4. The van der Waals surface area contributed by atoms with Crippen LogP contribution in [0.15, 0.2) is 48.2 Å². The van der Waals surface area contributed by atoms with E-state index in [1.54, 1.807) is 24.3 Å². The van der Waals surface area contributed by atoms with Crippen LogP contribution in [0.25, 0.3) is 5.57 Å². The third kappa shape index (κ3) is 3.34. The van der Waals surface area contributed by atoms with Gasteiger partial charge in [-0.05, 0) is 37.0 Å². The van der Waals surface area contributed by atoms with Crippen LogP contribution in [-0.4, -0.2) is 36.9 Å². The molecule has 0 radical (unpaired) electrons. The summed E-state index contributed by atoms with van der Waals surface area (Å²) in [6, 6.07) is 9.99. The Morgan fingerprint density at radius 3 is 2.33 bits per heavy atom. The highest BCUT2D eigenvalue weighted by Gasteiger charge is 2.44. The molecule has 7 heteroatoms. The Morgan fingerprint density at radius 1 is 0.967 bits per heavy atom. The maximum Gasteiger partial charge on any atom is 0.282 e. The fraction of sp³-hybridized carbons (Fsp3) is 0.304. The van der Waals surface area contributed by atoms with Crippen molar-refractivity contribution in [1.29, 1.82) is 0 Å². The number of likely N-dealkylation sites (tertiary alicyclic amines) is 1. The average molecular weight is 412 g/mol. The average Bonchev–Trinajstić information content (AvgIpc) is 3.00. The van der Waals surface area contributed by atoms with E-state index in [2.05, 4.69) is 6.92 Å². The van der Waals surface area contributed by atoms with Crippen molar-refractivity contribution < 1.29 is 23.1 Å². The van der Waals surface area contributed by atoms with E-state index >= 15 is 0 Å². The second-order valence-corrected chi connectivity index (χ2v) is 7.64. The van der Waals surface area contributed by atoms with Crippen molar-refractivity contribution in [3.05, 3.63) is 65.4 Å². The van der Waals surface area contributed by atoms with Gasteiger partial charge in [-0.15, -0.1) is 0 Å². The van der Waals surface area contributed by atoms with E-state index in [1.807, 2.05) is 4.90 Å². The van der Waals surface area contributed by atoms with Crippen LogP contribution in [-0.2, 0) is 9.59 Å². The number of nitrogens with zero attached hydrogens (tertiary/aromatic N) is 2. The summed E-state index contributed by atoms with van der Waals surface area (Å²) >= 11 is 0. The van der Waals surface area contributed by atoms with Gasteiger partial charge in [0.25, 0.3) is 11.8 Å². The van der Waals surface area contributed by atoms with Gasteiger partial charge in [0.2, 0.25) is 0 Å². The first-order valence-electron chi connectivity index (χ1n) is 9.88. The number of carbonyl (C=O) groups excluding carboxylic acids is 2. The Kier molecular flexibility index (Phi) is 5.28. The minimum atomic E-state index is -1.12. The van der Waals surface area contributed by atoms with Gasteiger partial charge >= 0.3 is 0 Å². The maximum absolute atomic E-state index is 13.9. The lowest BCUT2D eigenvalue weighted by atomic mass is 9.97. The molecule has 156 valence electrons. The molecule has 0 bridgehead atoms. The molecule has 0 aliphatic carbocycles. The smallest absolute Gasteiger partial charge is 0.282 e. The van der Waals surface area contributed by atoms with E-state index in [0.717, 1.165) is 29.9 Å². The molecule has 2 heterocycles. The topological polar surface area (TPSA) is 49.9 Å². The van der Waals surface area contributed by atoms with E-state index in [1.165, 1.54) is 13.2 Å². The Labute approximate surface area is 173 Å². The van der Waals surface area contributed by atoms with Crippen molar-refractivity contribution in [2.45, 2.75) is 19.8 Å². The summed E-state index contributed by atoms with van der Waals surface area (Å²) in [6.45, 7) is 3.43. The lowest BCUT2D eigenvalue weighted by Crippen LogP contribution is -2.38. The first-order valence-corrected chi connectivity index (χ1v) is 9.88. The molecule has 0 N–H and O–H groups in total. The minimum absolute atomic E-state index is 0.00308. The second kappa shape index (κ2) is 7.89. The monoisotopic (exact) mass is 412 g/mol. The molecule has 0 spiro atoms. The van der Waals surface area contributed by atoms with Gasteiger partial charge in [-0.3, -0.25) is 9.59 Å². The molecule has 2 aromatic rings. The first kappa shape index (κ1) is 20.1. The summed E-state index contributed by atoms with van der Waals surface area (Å²) in [5.74, 6) is -2.28. The summed E-state index contributed by atoms with van der Waals surface area (Å²) in [7, 11) is 1.50. The van der Waals surface area contributed by atoms with Crippen LogP contribution >= 0.6 is 0 Å². The fourth-order valence-corrected chi connectivity index (χ4v) is 4.00. The van der Waals surface area contributed by atoms with Gasteiger partial charge in [0.05, 0.1) is 18.4 Å². The molecule has 0 unspecified atom stereocenters. The van der Waals surface area contributed by atoms with Gasteiger partial charge in [-0.1, -0.05) is 25.1 Å². The number of hydrogen-bond acceptors (Lipinski definition) is 4. The Bertz CT molecular complexity index is 1040. The molecule has 30 heavy (non-hydrogen) atoms. The fourth-order valence-electron chi connectivity index (χ4n) is 4.00. The predicted octanol–water partition coefficient (Wildman–Crippen LogP) is 3.99. The van der Waals surface area contributed by atoms with Crippen LogP contribution in [0.1, 0.15) is 25.3 Å². The SMILES string of the molecule is COc1ccccc1C1=C(N2CCC(C)CC2)C(=O)N(c2ccc(F)c(F)c2)C1=O. The molecular weight excluding hydrogens is 390 g/mol. The summed E-state index contributed by atoms with van der Waals surface area (Å²) in [5.41, 5.74) is 0.992. The zero-order chi connectivity index (χ0) is 21.4. The van der Waals surface area contributed by atoms with Crippen molar-refractivity contribution in [2.24, 2.45) is 5.92 Å². The molecule has 2 aliphatic rings. The third-order valence-corrected chi connectivity index (χ3v) is 5.70. The molecule has 1 saturated heterocycles. The molecular formula is C23H22F2N2O3. The number of benzene rings is 2. The predicted molar refractivity (Wildman–Crippen MR) is 109 cm³/mol. The molecule has 4 rings (SSSR count). The molecule has 2 aromatic carbocycles. The highest BCUT2D eigenvalue weighted by Crippen LogP contribution is 2.39. The van der Waals surface area contributed by atoms with Gasteiger partial charge in [-0.25, -0.2) is 13.7 Å². The second-order valence-electron chi connectivity index (χ2n) is 7.64. The Hall–Kier alpha value is -3.22. The van der Waals surface area contributed by atoms with Crippen molar-refractivity contribution in [3.63, 3.8) is 0 Å². The molecule has 5 nitrogen and oxygen atoms in total. The van der Waals surface area contributed by atoms with E-state index in [4.69, 9.17) is 4.74 Å². The normalized spacial score (nSPS) is 17.9. The number of halogens is 2. The molecule has 0 atom stereocenters. The number of carbonyl (C=O) groups is 2. The van der Waals surface area contributed by atoms with Gasteiger partial charge in [0, 0.05) is 24.7 Å². The number of para-hydroxylation sites is 1. The number of imide groups is 1. The first-order chi connectivity index (χ1) is 14.4. The quantitative estimate of drug-likeness (QED) is 0.713. The molecule has 0 aromatic heterocycles. The molecule has 1 fully saturated rings. The van der Waals surface area contributed by atoms with E-state index in [9.17, 15) is 18.4 Å². The van der Waals surface area contributed by atoms with Crippen LogP contribution in [0.3, 0.4) is 0 Å². The lowest BCUT2D eigenvalue weighted by molar-refractivity contribution is -0.120. The van der Waals surface area contributed by atoms with Gasteiger partial charge in [0.1, 0.15) is 11.4 Å². The van der Waals surface area contributed by atoms with Crippen molar-refractivity contribution in [2.75, 3.05) is 25.1 Å². The standard InChI is InChI=1S/C23H22F2N2O3/c1-14-9-11-26(12-10-14)21-20(16-5-3-4-6-19(16)30-2)22(28)27(23(21)29)15-7-8-17(24)18(25)13-15/h3-8,13-14H,9-12H2,1-2H3. The van der Waals surface area contributed by atoms with E-state index < -0.39 is 23.4 Å². The van der Waals surface area contributed by atoms with E-state index in [-0.39, 0.29) is 17.0 Å². The zero-order valence-electron chi connectivity index (χ0n) is 16.8. The molecule has 2 amide bonds. The number of hydrogen-bond donors (Lipinski definition) is 0. The summed E-state index contributed by atoms with van der Waals surface area (Å²) in [5, 5.41) is 0. The number of amides is 2. The molecule has 2 aliphatic heterocycles. The molecule has 0 saturated carbocycles. The third-order valence-electron chi connectivity index (χ3n) is 5.70. The van der Waals surface area contributed by atoms with Gasteiger partial charge < -0.3 is 9.64 Å². The summed E-state index contributed by atoms with van der Waals surface area (Å²) < 4.78 is 32.7. The summed E-state index contributed by atoms with van der Waals surface area (Å²) in [6.07, 6.45) is 1.80. The highest BCUT2D eigenvalue weighted by atomic mass is 19.2. The largest absolute Gasteiger partial charge is 0.496 e. The Balaban J connectivity index is 1.85. The van der Waals surface area contributed by atoms with Crippen LogP contribution in [0.4, 0.5) is 14.5 Å².